The van der Waals surface area contributed by atoms with Crippen LogP contribution in [0.1, 0.15) is 17.4 Å². The maximum atomic E-state index is 10.6. The molecule has 6 nitrogen and oxygen atoms in total. The summed E-state index contributed by atoms with van der Waals surface area (Å²) < 4.78 is 12.7. The van der Waals surface area contributed by atoms with Gasteiger partial charge in [0.25, 0.3) is 0 Å². The standard InChI is InChI=1S/C13H16BrN3O3/c1-19-6-5-17-12(10(14)7-16-17)13(18)9-3-4-15-8-11(9)20-2/h3-4,7-8,13,18H,5-6H2,1-2H3. The molecule has 2 aromatic heterocycles. The lowest BCUT2D eigenvalue weighted by atomic mass is 10.1. The second-order valence-corrected chi connectivity index (χ2v) is 4.97. The molecule has 0 saturated heterocycles. The number of aliphatic hydroxyl groups excluding tert-OH is 1. The molecule has 0 spiro atoms. The first kappa shape index (κ1) is 15.0. The third-order valence-electron chi connectivity index (χ3n) is 2.93. The van der Waals surface area contributed by atoms with Crippen molar-refractivity contribution in [3.63, 3.8) is 0 Å². The average Bonchev–Trinajstić information content (AvgIpc) is 2.85. The number of aromatic nitrogens is 3. The van der Waals surface area contributed by atoms with E-state index in [4.69, 9.17) is 9.47 Å². The van der Waals surface area contributed by atoms with Crippen LogP contribution in [0.2, 0.25) is 0 Å². The number of rotatable bonds is 6. The Hall–Kier alpha value is -1.44. The van der Waals surface area contributed by atoms with E-state index in [-0.39, 0.29) is 0 Å². The monoisotopic (exact) mass is 341 g/mol. The molecule has 2 heterocycles. The Labute approximate surface area is 125 Å². The Morgan fingerprint density at radius 2 is 2.20 bits per heavy atom. The Balaban J connectivity index is 2.37. The first-order chi connectivity index (χ1) is 9.69. The van der Waals surface area contributed by atoms with Crippen LogP contribution in [-0.2, 0) is 11.3 Å². The third kappa shape index (κ3) is 3.00. The van der Waals surface area contributed by atoms with E-state index < -0.39 is 6.10 Å². The summed E-state index contributed by atoms with van der Waals surface area (Å²) in [5.74, 6) is 0.534. The lowest BCUT2D eigenvalue weighted by molar-refractivity contribution is 0.170. The molecule has 0 bridgehead atoms. The van der Waals surface area contributed by atoms with E-state index in [9.17, 15) is 5.11 Å². The maximum Gasteiger partial charge on any atom is 0.143 e. The second-order valence-electron chi connectivity index (χ2n) is 4.11. The molecule has 20 heavy (non-hydrogen) atoms. The highest BCUT2D eigenvalue weighted by molar-refractivity contribution is 9.10. The summed E-state index contributed by atoms with van der Waals surface area (Å²) in [5.41, 5.74) is 1.30. The van der Waals surface area contributed by atoms with Crippen LogP contribution in [0, 0.1) is 0 Å². The van der Waals surface area contributed by atoms with Crippen molar-refractivity contribution in [2.24, 2.45) is 0 Å². The van der Waals surface area contributed by atoms with E-state index in [1.807, 2.05) is 0 Å². The molecule has 0 saturated carbocycles. The van der Waals surface area contributed by atoms with Gasteiger partial charge in [-0.1, -0.05) is 0 Å². The predicted molar refractivity (Wildman–Crippen MR) is 76.7 cm³/mol. The first-order valence-corrected chi connectivity index (χ1v) is 6.84. The minimum absolute atomic E-state index is 0.515. The van der Waals surface area contributed by atoms with Crippen molar-refractivity contribution in [1.29, 1.82) is 0 Å². The SMILES string of the molecule is COCCn1ncc(Br)c1C(O)c1ccncc1OC. The molecule has 1 atom stereocenters. The van der Waals surface area contributed by atoms with Crippen LogP contribution in [0.5, 0.6) is 5.75 Å². The molecule has 1 N–H and O–H groups in total. The zero-order valence-corrected chi connectivity index (χ0v) is 12.9. The minimum atomic E-state index is -0.860. The molecule has 0 radical (unpaired) electrons. The highest BCUT2D eigenvalue weighted by atomic mass is 79.9. The second kappa shape index (κ2) is 6.83. The van der Waals surface area contributed by atoms with E-state index in [1.165, 1.54) is 0 Å². The molecule has 0 aromatic carbocycles. The number of hydrogen-bond acceptors (Lipinski definition) is 5. The fourth-order valence-electron chi connectivity index (χ4n) is 1.93. The maximum absolute atomic E-state index is 10.6. The molecule has 2 aromatic rings. The van der Waals surface area contributed by atoms with E-state index in [2.05, 4.69) is 26.0 Å². The van der Waals surface area contributed by atoms with Crippen molar-refractivity contribution < 1.29 is 14.6 Å². The highest BCUT2D eigenvalue weighted by Gasteiger charge is 2.22. The molecule has 1 unspecified atom stereocenters. The van der Waals surface area contributed by atoms with Crippen molar-refractivity contribution in [3.8, 4) is 5.75 Å². The molecular formula is C13H16BrN3O3. The molecule has 7 heteroatoms. The summed E-state index contributed by atoms with van der Waals surface area (Å²) in [5, 5.41) is 14.8. The van der Waals surface area contributed by atoms with Crippen LogP contribution in [0.25, 0.3) is 0 Å². The van der Waals surface area contributed by atoms with Crippen molar-refractivity contribution in [2.75, 3.05) is 20.8 Å². The van der Waals surface area contributed by atoms with Crippen molar-refractivity contribution >= 4 is 15.9 Å². The van der Waals surface area contributed by atoms with E-state index in [0.717, 1.165) is 4.47 Å². The summed E-state index contributed by atoms with van der Waals surface area (Å²) in [4.78, 5) is 3.98. The average molecular weight is 342 g/mol. The van der Waals surface area contributed by atoms with Gasteiger partial charge in [0.2, 0.25) is 0 Å². The van der Waals surface area contributed by atoms with Gasteiger partial charge in [-0.2, -0.15) is 5.10 Å². The predicted octanol–water partition coefficient (Wildman–Crippen LogP) is 1.78. The summed E-state index contributed by atoms with van der Waals surface area (Å²) in [6, 6.07) is 1.73. The van der Waals surface area contributed by atoms with Gasteiger partial charge in [-0.25, -0.2) is 0 Å². The van der Waals surface area contributed by atoms with Crippen LogP contribution in [0.4, 0.5) is 0 Å². The normalized spacial score (nSPS) is 12.4. The van der Waals surface area contributed by atoms with Crippen molar-refractivity contribution in [2.45, 2.75) is 12.6 Å². The van der Waals surface area contributed by atoms with Crippen LogP contribution in [0.3, 0.4) is 0 Å². The Morgan fingerprint density at radius 1 is 1.40 bits per heavy atom. The van der Waals surface area contributed by atoms with Gasteiger partial charge in [-0.05, 0) is 22.0 Å². The van der Waals surface area contributed by atoms with Gasteiger partial charge in [0.1, 0.15) is 11.9 Å². The molecule has 0 aliphatic heterocycles. The van der Waals surface area contributed by atoms with E-state index in [0.29, 0.717) is 30.2 Å². The molecule has 0 aliphatic carbocycles. The van der Waals surface area contributed by atoms with Crippen molar-refractivity contribution in [3.05, 3.63) is 40.4 Å². The lowest BCUT2D eigenvalue weighted by Crippen LogP contribution is -2.14. The number of methoxy groups -OCH3 is 2. The molecule has 2 rings (SSSR count). The Kier molecular flexibility index (Phi) is 5.11. The Bertz CT molecular complexity index is 574. The van der Waals surface area contributed by atoms with Crippen molar-refractivity contribution in [1.82, 2.24) is 14.8 Å². The van der Waals surface area contributed by atoms with Gasteiger partial charge in [0, 0.05) is 18.9 Å². The summed E-state index contributed by atoms with van der Waals surface area (Å²) in [6.07, 6.45) is 3.98. The number of nitrogens with zero attached hydrogens (tertiary/aromatic N) is 3. The van der Waals surface area contributed by atoms with E-state index in [1.54, 1.807) is 43.6 Å². The zero-order chi connectivity index (χ0) is 14.5. The van der Waals surface area contributed by atoms with Gasteiger partial charge >= 0.3 is 0 Å². The number of pyridine rings is 1. The van der Waals surface area contributed by atoms with Crippen LogP contribution in [0.15, 0.2) is 29.1 Å². The fourth-order valence-corrected chi connectivity index (χ4v) is 2.45. The molecule has 0 amide bonds. The largest absolute Gasteiger partial charge is 0.495 e. The lowest BCUT2D eigenvalue weighted by Gasteiger charge is -2.16. The van der Waals surface area contributed by atoms with Gasteiger partial charge in [0.15, 0.2) is 0 Å². The summed E-state index contributed by atoms with van der Waals surface area (Å²) in [6.45, 7) is 1.07. The fraction of sp³-hybridized carbons (Fsp3) is 0.385. The smallest absolute Gasteiger partial charge is 0.143 e. The van der Waals surface area contributed by atoms with Gasteiger partial charge < -0.3 is 14.6 Å². The summed E-state index contributed by atoms with van der Waals surface area (Å²) >= 11 is 3.41. The first-order valence-electron chi connectivity index (χ1n) is 6.05. The van der Waals surface area contributed by atoms with Crippen LogP contribution < -0.4 is 4.74 Å². The number of hydrogen-bond donors (Lipinski definition) is 1. The Morgan fingerprint density at radius 3 is 2.90 bits per heavy atom. The molecule has 0 fully saturated rings. The van der Waals surface area contributed by atoms with Gasteiger partial charge in [-0.15, -0.1) is 0 Å². The molecular weight excluding hydrogens is 326 g/mol. The summed E-state index contributed by atoms with van der Waals surface area (Å²) in [7, 11) is 3.17. The molecule has 108 valence electrons. The number of aliphatic hydroxyl groups is 1. The number of ether oxygens (including phenoxy) is 2. The van der Waals surface area contributed by atoms with Crippen LogP contribution in [-0.4, -0.2) is 40.7 Å². The van der Waals surface area contributed by atoms with Gasteiger partial charge in [-0.3, -0.25) is 9.67 Å². The zero-order valence-electron chi connectivity index (χ0n) is 11.3. The van der Waals surface area contributed by atoms with Gasteiger partial charge in [0.05, 0.1) is 42.8 Å². The number of halogens is 1. The third-order valence-corrected chi connectivity index (χ3v) is 3.54. The minimum Gasteiger partial charge on any atom is -0.495 e. The van der Waals surface area contributed by atoms with E-state index >= 15 is 0 Å². The highest BCUT2D eigenvalue weighted by Crippen LogP contribution is 2.32. The quantitative estimate of drug-likeness (QED) is 0.867. The van der Waals surface area contributed by atoms with Crippen LogP contribution >= 0.6 is 15.9 Å². The topological polar surface area (TPSA) is 69.4 Å². The molecule has 0 aliphatic rings.